The SMILES string of the molecule is Cc1cnc(CNCc2ccccc2)cn1. The standard InChI is InChI=1S/C13H15N3/c1-11-7-16-13(10-15-11)9-14-8-12-5-3-2-4-6-12/h2-7,10,14H,8-9H2,1H3. The molecule has 0 saturated carbocycles. The second kappa shape index (κ2) is 5.37. The van der Waals surface area contributed by atoms with Crippen molar-refractivity contribution in [3.8, 4) is 0 Å². The zero-order chi connectivity index (χ0) is 11.2. The van der Waals surface area contributed by atoms with Crippen molar-refractivity contribution in [3.63, 3.8) is 0 Å². The monoisotopic (exact) mass is 213 g/mol. The third kappa shape index (κ3) is 3.14. The largest absolute Gasteiger partial charge is 0.307 e. The lowest BCUT2D eigenvalue weighted by molar-refractivity contribution is 0.676. The first-order chi connectivity index (χ1) is 7.84. The molecule has 1 aromatic carbocycles. The lowest BCUT2D eigenvalue weighted by Gasteiger charge is -2.04. The topological polar surface area (TPSA) is 37.8 Å². The van der Waals surface area contributed by atoms with Crippen molar-refractivity contribution < 1.29 is 0 Å². The molecule has 2 rings (SSSR count). The minimum absolute atomic E-state index is 0.752. The molecule has 0 fully saturated rings. The number of aryl methyl sites for hydroxylation is 1. The highest BCUT2D eigenvalue weighted by Crippen LogP contribution is 1.98. The number of nitrogens with one attached hydrogen (secondary N) is 1. The smallest absolute Gasteiger partial charge is 0.0724 e. The summed E-state index contributed by atoms with van der Waals surface area (Å²) in [4.78, 5) is 8.49. The number of rotatable bonds is 4. The van der Waals surface area contributed by atoms with Crippen LogP contribution in [0.25, 0.3) is 0 Å². The molecular weight excluding hydrogens is 198 g/mol. The van der Waals surface area contributed by atoms with Crippen LogP contribution in [0, 0.1) is 6.92 Å². The van der Waals surface area contributed by atoms with Gasteiger partial charge in [0.15, 0.2) is 0 Å². The second-order valence-electron chi connectivity index (χ2n) is 3.74. The molecule has 82 valence electrons. The molecule has 1 heterocycles. The molecule has 0 aliphatic carbocycles. The molecule has 0 aliphatic heterocycles. The van der Waals surface area contributed by atoms with Gasteiger partial charge in [-0.1, -0.05) is 30.3 Å². The van der Waals surface area contributed by atoms with Crippen LogP contribution in [0.4, 0.5) is 0 Å². The Bertz CT molecular complexity index is 423. The second-order valence-corrected chi connectivity index (χ2v) is 3.74. The minimum atomic E-state index is 0.752. The molecule has 3 nitrogen and oxygen atoms in total. The molecule has 3 heteroatoms. The van der Waals surface area contributed by atoms with Crippen molar-refractivity contribution >= 4 is 0 Å². The van der Waals surface area contributed by atoms with Crippen molar-refractivity contribution in [2.24, 2.45) is 0 Å². The molecule has 2 aromatic rings. The Hall–Kier alpha value is -1.74. The average molecular weight is 213 g/mol. The molecule has 1 aromatic heterocycles. The highest BCUT2D eigenvalue weighted by molar-refractivity contribution is 5.14. The molecular formula is C13H15N3. The van der Waals surface area contributed by atoms with Crippen LogP contribution in [0.15, 0.2) is 42.7 Å². The Morgan fingerprint density at radius 1 is 1.00 bits per heavy atom. The maximum absolute atomic E-state index is 4.28. The first-order valence-electron chi connectivity index (χ1n) is 5.37. The van der Waals surface area contributed by atoms with E-state index < -0.39 is 0 Å². The maximum Gasteiger partial charge on any atom is 0.0724 e. The number of benzene rings is 1. The van der Waals surface area contributed by atoms with Gasteiger partial charge < -0.3 is 5.32 Å². The van der Waals surface area contributed by atoms with Crippen LogP contribution in [0.2, 0.25) is 0 Å². The first kappa shape index (κ1) is 10.8. The number of hydrogen-bond acceptors (Lipinski definition) is 3. The first-order valence-corrected chi connectivity index (χ1v) is 5.37. The number of nitrogens with zero attached hydrogens (tertiary/aromatic N) is 2. The van der Waals surface area contributed by atoms with Gasteiger partial charge in [0.05, 0.1) is 11.4 Å². The van der Waals surface area contributed by atoms with E-state index in [-0.39, 0.29) is 0 Å². The third-order valence-electron chi connectivity index (χ3n) is 2.31. The van der Waals surface area contributed by atoms with Gasteiger partial charge in [-0.15, -0.1) is 0 Å². The van der Waals surface area contributed by atoms with E-state index in [0.29, 0.717) is 0 Å². The van der Waals surface area contributed by atoms with E-state index in [0.717, 1.165) is 24.5 Å². The average Bonchev–Trinajstić information content (AvgIpc) is 2.33. The minimum Gasteiger partial charge on any atom is -0.307 e. The Labute approximate surface area is 95.6 Å². The van der Waals surface area contributed by atoms with Gasteiger partial charge in [-0.25, -0.2) is 0 Å². The van der Waals surface area contributed by atoms with Gasteiger partial charge in [-0.3, -0.25) is 9.97 Å². The summed E-state index contributed by atoms with van der Waals surface area (Å²) in [5, 5.41) is 3.33. The highest BCUT2D eigenvalue weighted by atomic mass is 14.9. The van der Waals surface area contributed by atoms with Crippen LogP contribution in [0.3, 0.4) is 0 Å². The van der Waals surface area contributed by atoms with E-state index in [4.69, 9.17) is 0 Å². The van der Waals surface area contributed by atoms with Crippen LogP contribution in [-0.4, -0.2) is 9.97 Å². The summed E-state index contributed by atoms with van der Waals surface area (Å²) in [5.74, 6) is 0. The fraction of sp³-hybridized carbons (Fsp3) is 0.231. The third-order valence-corrected chi connectivity index (χ3v) is 2.31. The highest BCUT2D eigenvalue weighted by Gasteiger charge is 1.95. The van der Waals surface area contributed by atoms with Crippen molar-refractivity contribution in [2.45, 2.75) is 20.0 Å². The molecule has 0 unspecified atom stereocenters. The van der Waals surface area contributed by atoms with Crippen LogP contribution >= 0.6 is 0 Å². The van der Waals surface area contributed by atoms with Crippen LogP contribution in [-0.2, 0) is 13.1 Å². The van der Waals surface area contributed by atoms with E-state index in [1.54, 1.807) is 6.20 Å². The van der Waals surface area contributed by atoms with E-state index in [2.05, 4.69) is 27.4 Å². The van der Waals surface area contributed by atoms with Gasteiger partial charge >= 0.3 is 0 Å². The summed E-state index contributed by atoms with van der Waals surface area (Å²) in [5.41, 5.74) is 3.20. The predicted octanol–water partition coefficient (Wildman–Crippen LogP) is 2.07. The molecule has 0 radical (unpaired) electrons. The van der Waals surface area contributed by atoms with Crippen molar-refractivity contribution in [3.05, 3.63) is 59.7 Å². The predicted molar refractivity (Wildman–Crippen MR) is 63.8 cm³/mol. The summed E-state index contributed by atoms with van der Waals surface area (Å²) in [7, 11) is 0. The van der Waals surface area contributed by atoms with E-state index >= 15 is 0 Å². The molecule has 0 spiro atoms. The van der Waals surface area contributed by atoms with Crippen LogP contribution < -0.4 is 5.32 Å². The van der Waals surface area contributed by atoms with Gasteiger partial charge in [-0.2, -0.15) is 0 Å². The Morgan fingerprint density at radius 2 is 1.81 bits per heavy atom. The summed E-state index contributed by atoms with van der Waals surface area (Å²) in [6, 6.07) is 10.3. The van der Waals surface area contributed by atoms with Crippen molar-refractivity contribution in [2.75, 3.05) is 0 Å². The van der Waals surface area contributed by atoms with Crippen LogP contribution in [0.1, 0.15) is 17.0 Å². The summed E-state index contributed by atoms with van der Waals surface area (Å²) in [6.45, 7) is 3.55. The molecule has 1 N–H and O–H groups in total. The van der Waals surface area contributed by atoms with Crippen LogP contribution in [0.5, 0.6) is 0 Å². The van der Waals surface area contributed by atoms with Gasteiger partial charge in [0.2, 0.25) is 0 Å². The molecule has 0 saturated heterocycles. The van der Waals surface area contributed by atoms with Crippen molar-refractivity contribution in [1.29, 1.82) is 0 Å². The number of aromatic nitrogens is 2. The van der Waals surface area contributed by atoms with Crippen molar-refractivity contribution in [1.82, 2.24) is 15.3 Å². The van der Waals surface area contributed by atoms with Gasteiger partial charge in [-0.05, 0) is 12.5 Å². The lowest BCUT2D eigenvalue weighted by Crippen LogP contribution is -2.13. The summed E-state index contributed by atoms with van der Waals surface area (Å²) < 4.78 is 0. The fourth-order valence-corrected chi connectivity index (χ4v) is 1.44. The maximum atomic E-state index is 4.28. The molecule has 0 bridgehead atoms. The number of hydrogen-bond donors (Lipinski definition) is 1. The summed E-state index contributed by atoms with van der Waals surface area (Å²) in [6.07, 6.45) is 3.60. The van der Waals surface area contributed by atoms with E-state index in [1.165, 1.54) is 5.56 Å². The van der Waals surface area contributed by atoms with Gasteiger partial charge in [0.1, 0.15) is 0 Å². The Balaban J connectivity index is 1.82. The lowest BCUT2D eigenvalue weighted by atomic mass is 10.2. The Morgan fingerprint density at radius 3 is 2.50 bits per heavy atom. The van der Waals surface area contributed by atoms with E-state index in [9.17, 15) is 0 Å². The summed E-state index contributed by atoms with van der Waals surface area (Å²) >= 11 is 0. The van der Waals surface area contributed by atoms with Gasteiger partial charge in [0.25, 0.3) is 0 Å². The van der Waals surface area contributed by atoms with Gasteiger partial charge in [0, 0.05) is 25.5 Å². The fourth-order valence-electron chi connectivity index (χ4n) is 1.44. The quantitative estimate of drug-likeness (QED) is 0.845. The Kier molecular flexibility index (Phi) is 3.62. The van der Waals surface area contributed by atoms with E-state index in [1.807, 2.05) is 31.3 Å². The molecule has 0 atom stereocenters. The zero-order valence-corrected chi connectivity index (χ0v) is 9.35. The normalized spacial score (nSPS) is 10.3. The molecule has 16 heavy (non-hydrogen) atoms. The molecule has 0 aliphatic rings. The molecule has 0 amide bonds. The zero-order valence-electron chi connectivity index (χ0n) is 9.35.